The number of benzene rings is 2. The molecule has 0 N–H and O–H groups in total. The number of rotatable bonds is 4. The van der Waals surface area contributed by atoms with E-state index in [0.29, 0.717) is 12.3 Å². The highest BCUT2D eigenvalue weighted by Gasteiger charge is 2.12. The summed E-state index contributed by atoms with van der Waals surface area (Å²) in [7, 11) is 0. The van der Waals surface area contributed by atoms with Gasteiger partial charge in [0.15, 0.2) is 0 Å². The summed E-state index contributed by atoms with van der Waals surface area (Å²) in [6.07, 6.45) is 0.537. The molecule has 1 atom stereocenters. The summed E-state index contributed by atoms with van der Waals surface area (Å²) >= 11 is 0. The molecule has 20 heavy (non-hydrogen) atoms. The van der Waals surface area contributed by atoms with E-state index in [-0.39, 0.29) is 11.7 Å². The fourth-order valence-corrected chi connectivity index (χ4v) is 2.25. The molecule has 1 unspecified atom stereocenters. The van der Waals surface area contributed by atoms with Crippen molar-refractivity contribution in [1.82, 2.24) is 0 Å². The minimum Gasteiger partial charge on any atom is -0.207 e. The zero-order valence-corrected chi connectivity index (χ0v) is 11.8. The Hall–Kier alpha value is -2.14. The Morgan fingerprint density at radius 3 is 2.25 bits per heavy atom. The zero-order valence-electron chi connectivity index (χ0n) is 11.8. The van der Waals surface area contributed by atoms with E-state index in [9.17, 15) is 9.65 Å². The molecule has 0 saturated heterocycles. The van der Waals surface area contributed by atoms with Gasteiger partial charge in [-0.3, -0.25) is 0 Å². The summed E-state index contributed by atoms with van der Waals surface area (Å²) in [5, 5.41) is 9.34. The Morgan fingerprint density at radius 2 is 1.70 bits per heavy atom. The molecule has 0 heterocycles. The van der Waals surface area contributed by atoms with Crippen LogP contribution in [-0.2, 0) is 6.42 Å². The highest BCUT2D eigenvalue weighted by Crippen LogP contribution is 2.23. The van der Waals surface area contributed by atoms with Crippen molar-refractivity contribution in [3.63, 3.8) is 0 Å². The van der Waals surface area contributed by atoms with Crippen molar-refractivity contribution in [1.29, 1.82) is 5.26 Å². The molecule has 2 aromatic carbocycles. The summed E-state index contributed by atoms with van der Waals surface area (Å²) in [5.41, 5.74) is 3.10. The first-order valence-electron chi connectivity index (χ1n) is 6.84. The third kappa shape index (κ3) is 3.45. The average Bonchev–Trinajstić information content (AvgIpc) is 2.45. The Morgan fingerprint density at radius 1 is 1.05 bits per heavy atom. The first-order chi connectivity index (χ1) is 9.60. The molecule has 0 aromatic heterocycles. The molecular formula is C18H18FN. The molecule has 2 rings (SSSR count). The summed E-state index contributed by atoms with van der Waals surface area (Å²) in [6.45, 7) is 4.28. The third-order valence-electron chi connectivity index (χ3n) is 3.49. The van der Waals surface area contributed by atoms with Crippen LogP contribution in [0.1, 0.15) is 42.4 Å². The van der Waals surface area contributed by atoms with Gasteiger partial charge in [-0.2, -0.15) is 5.26 Å². The maximum Gasteiger partial charge on any atom is 0.123 e. The molecule has 0 fully saturated rings. The normalized spacial score (nSPS) is 12.2. The number of nitriles is 1. The van der Waals surface area contributed by atoms with Crippen LogP contribution < -0.4 is 0 Å². The van der Waals surface area contributed by atoms with Gasteiger partial charge in [0, 0.05) is 0 Å². The van der Waals surface area contributed by atoms with Crippen LogP contribution in [0.15, 0.2) is 48.5 Å². The van der Waals surface area contributed by atoms with Gasteiger partial charge in [-0.05, 0) is 41.2 Å². The van der Waals surface area contributed by atoms with Gasteiger partial charge in [0.25, 0.3) is 0 Å². The predicted molar refractivity (Wildman–Crippen MR) is 79.0 cm³/mol. The quantitative estimate of drug-likeness (QED) is 0.780. The fourth-order valence-electron chi connectivity index (χ4n) is 2.25. The van der Waals surface area contributed by atoms with Crippen molar-refractivity contribution < 1.29 is 4.39 Å². The third-order valence-corrected chi connectivity index (χ3v) is 3.49. The lowest BCUT2D eigenvalue weighted by Crippen LogP contribution is -2.01. The smallest absolute Gasteiger partial charge is 0.123 e. The van der Waals surface area contributed by atoms with Crippen LogP contribution in [0, 0.1) is 17.1 Å². The lowest BCUT2D eigenvalue weighted by Gasteiger charge is -2.12. The van der Waals surface area contributed by atoms with E-state index < -0.39 is 0 Å². The maximum atomic E-state index is 13.2. The molecule has 0 saturated carbocycles. The summed E-state index contributed by atoms with van der Waals surface area (Å²) in [4.78, 5) is 0. The van der Waals surface area contributed by atoms with Crippen LogP contribution in [0.5, 0.6) is 0 Å². The van der Waals surface area contributed by atoms with Crippen LogP contribution in [0.4, 0.5) is 4.39 Å². The number of hydrogen-bond donors (Lipinski definition) is 0. The summed E-state index contributed by atoms with van der Waals surface area (Å²) in [6, 6.07) is 16.9. The zero-order chi connectivity index (χ0) is 14.5. The van der Waals surface area contributed by atoms with Gasteiger partial charge in [-0.15, -0.1) is 0 Å². The fraction of sp³-hybridized carbons (Fsp3) is 0.278. The number of halogens is 1. The lowest BCUT2D eigenvalue weighted by molar-refractivity contribution is 0.624. The molecule has 0 aliphatic rings. The molecule has 0 aliphatic heterocycles. The Bertz CT molecular complexity index is 608. The average molecular weight is 267 g/mol. The van der Waals surface area contributed by atoms with Gasteiger partial charge in [0.05, 0.1) is 12.0 Å². The van der Waals surface area contributed by atoms with Gasteiger partial charge in [0.1, 0.15) is 5.82 Å². The Balaban J connectivity index is 2.18. The molecule has 0 spiro atoms. The largest absolute Gasteiger partial charge is 0.207 e. The minimum absolute atomic E-state index is 0.238. The van der Waals surface area contributed by atoms with Crippen LogP contribution in [0.3, 0.4) is 0 Å². The van der Waals surface area contributed by atoms with E-state index in [1.54, 1.807) is 6.07 Å². The van der Waals surface area contributed by atoms with E-state index in [2.05, 4.69) is 32.0 Å². The van der Waals surface area contributed by atoms with Crippen molar-refractivity contribution in [2.45, 2.75) is 32.1 Å². The van der Waals surface area contributed by atoms with E-state index in [4.69, 9.17) is 0 Å². The number of nitrogens with zero attached hydrogens (tertiary/aromatic N) is 1. The lowest BCUT2D eigenvalue weighted by atomic mass is 9.91. The first-order valence-corrected chi connectivity index (χ1v) is 6.84. The first kappa shape index (κ1) is 14.3. The van der Waals surface area contributed by atoms with Crippen molar-refractivity contribution in [3.8, 4) is 6.07 Å². The molecule has 2 heteroatoms. The van der Waals surface area contributed by atoms with Crippen LogP contribution >= 0.6 is 0 Å². The van der Waals surface area contributed by atoms with Crippen LogP contribution in [0.25, 0.3) is 0 Å². The highest BCUT2D eigenvalue weighted by atomic mass is 19.1. The summed E-state index contributed by atoms with van der Waals surface area (Å²) in [5.74, 6) is -0.0137. The van der Waals surface area contributed by atoms with Gasteiger partial charge < -0.3 is 0 Å². The minimum atomic E-state index is -0.255. The van der Waals surface area contributed by atoms with Crippen molar-refractivity contribution in [3.05, 3.63) is 71.0 Å². The number of hydrogen-bond acceptors (Lipinski definition) is 1. The summed E-state index contributed by atoms with van der Waals surface area (Å²) < 4.78 is 13.2. The Kier molecular flexibility index (Phi) is 4.53. The van der Waals surface area contributed by atoms with Crippen molar-refractivity contribution in [2.75, 3.05) is 0 Å². The Labute approximate surface area is 119 Å². The molecule has 1 nitrogen and oxygen atoms in total. The van der Waals surface area contributed by atoms with Crippen molar-refractivity contribution in [2.24, 2.45) is 0 Å². The highest BCUT2D eigenvalue weighted by molar-refractivity contribution is 5.32. The van der Waals surface area contributed by atoms with Crippen molar-refractivity contribution >= 4 is 0 Å². The SMILES string of the molecule is CC(C)c1ccc(C(C#N)Cc2cccc(F)c2)cc1. The van der Waals surface area contributed by atoms with Crippen LogP contribution in [-0.4, -0.2) is 0 Å². The molecule has 102 valence electrons. The van der Waals surface area contributed by atoms with Gasteiger partial charge in [-0.25, -0.2) is 4.39 Å². The van der Waals surface area contributed by atoms with E-state index in [1.807, 2.05) is 18.2 Å². The molecule has 0 bridgehead atoms. The van der Waals surface area contributed by atoms with E-state index >= 15 is 0 Å². The molecular weight excluding hydrogens is 249 g/mol. The molecule has 0 amide bonds. The van der Waals surface area contributed by atoms with Gasteiger partial charge >= 0.3 is 0 Å². The molecule has 0 aliphatic carbocycles. The van der Waals surface area contributed by atoms with E-state index in [1.165, 1.54) is 17.7 Å². The second-order valence-corrected chi connectivity index (χ2v) is 5.34. The second-order valence-electron chi connectivity index (χ2n) is 5.34. The van der Waals surface area contributed by atoms with Crippen LogP contribution in [0.2, 0.25) is 0 Å². The topological polar surface area (TPSA) is 23.8 Å². The van der Waals surface area contributed by atoms with Gasteiger partial charge in [0.2, 0.25) is 0 Å². The molecule has 0 radical (unpaired) electrons. The monoisotopic (exact) mass is 267 g/mol. The maximum absolute atomic E-state index is 13.2. The van der Waals surface area contributed by atoms with E-state index in [0.717, 1.165) is 11.1 Å². The van der Waals surface area contributed by atoms with Gasteiger partial charge in [-0.1, -0.05) is 50.2 Å². The standard InChI is InChI=1S/C18H18FN/c1-13(2)15-6-8-16(9-7-15)17(12-20)10-14-4-3-5-18(19)11-14/h3-9,11,13,17H,10H2,1-2H3. The second kappa shape index (κ2) is 6.34. The molecule has 2 aromatic rings. The predicted octanol–water partition coefficient (Wildman–Crippen LogP) is 4.80.